The Hall–Kier alpha value is 0.802. The van der Waals surface area contributed by atoms with E-state index in [0.29, 0.717) is 0 Å². The molecule has 6 nitrogen and oxygen atoms in total. The Kier molecular flexibility index (Phi) is 21.1. The Labute approximate surface area is 69.9 Å². The fourth-order valence-corrected chi connectivity index (χ4v) is 0. The first-order chi connectivity index (χ1) is 3.46. The maximum absolute atomic E-state index is 8.44. The molecule has 0 aliphatic carbocycles. The standard InChI is InChI=1S/2H2O3S.Re/c2*1-4(2)3;/h2*(H2,1,2,3);/p-4. The molecule has 59 valence electrons. The summed E-state index contributed by atoms with van der Waals surface area (Å²) in [5.74, 6) is 0. The van der Waals surface area contributed by atoms with Crippen molar-refractivity contribution in [3.05, 3.63) is 0 Å². The van der Waals surface area contributed by atoms with E-state index in [-0.39, 0.29) is 20.4 Å². The normalized spacial score (nSPS) is 7.78. The van der Waals surface area contributed by atoms with Crippen LogP contribution in [0.15, 0.2) is 0 Å². The zero-order valence-electron chi connectivity index (χ0n) is 3.64. The van der Waals surface area contributed by atoms with Crippen molar-refractivity contribution in [2.75, 3.05) is 0 Å². The maximum Gasteiger partial charge on any atom is 0 e. The molecule has 0 saturated heterocycles. The summed E-state index contributed by atoms with van der Waals surface area (Å²) in [4.78, 5) is 0. The molecule has 0 N–H and O–H groups in total. The smallest absolute Gasteiger partial charge is 0 e. The third kappa shape index (κ3) is 633. The summed E-state index contributed by atoms with van der Waals surface area (Å²) in [6.45, 7) is 0. The van der Waals surface area contributed by atoms with Crippen molar-refractivity contribution in [3.8, 4) is 0 Å². The van der Waals surface area contributed by atoms with E-state index in [9.17, 15) is 0 Å². The molecule has 0 amide bonds. The Morgan fingerprint density at radius 3 is 0.778 bits per heavy atom. The van der Waals surface area contributed by atoms with Crippen molar-refractivity contribution >= 4 is 22.7 Å². The van der Waals surface area contributed by atoms with Crippen LogP contribution in [0.1, 0.15) is 0 Å². The molecule has 0 spiro atoms. The van der Waals surface area contributed by atoms with Crippen LogP contribution >= 0.6 is 0 Å². The van der Waals surface area contributed by atoms with Crippen molar-refractivity contribution in [3.63, 3.8) is 0 Å². The summed E-state index contributed by atoms with van der Waals surface area (Å²) in [5.41, 5.74) is 0. The Morgan fingerprint density at radius 2 is 0.778 bits per heavy atom. The second-order valence-corrected chi connectivity index (χ2v) is 1.22. The van der Waals surface area contributed by atoms with E-state index in [1.165, 1.54) is 0 Å². The average molecular weight is 346 g/mol. The van der Waals surface area contributed by atoms with Crippen LogP contribution in [0.2, 0.25) is 0 Å². The second-order valence-electron chi connectivity index (χ2n) is 0.408. The topological polar surface area (TPSA) is 126 Å². The van der Waals surface area contributed by atoms with Crippen LogP contribution in [0.5, 0.6) is 0 Å². The zero-order valence-corrected chi connectivity index (χ0v) is 7.99. The van der Waals surface area contributed by atoms with Gasteiger partial charge in [0, 0.05) is 20.4 Å². The van der Waals surface area contributed by atoms with E-state index < -0.39 is 22.7 Å². The SMILES string of the molecule is O=S([O-])[O-].O=S([O-])[O-].[Re]. The van der Waals surface area contributed by atoms with Gasteiger partial charge < -0.3 is 18.2 Å². The van der Waals surface area contributed by atoms with Crippen LogP contribution in [0.3, 0.4) is 0 Å². The molecule has 0 atom stereocenters. The first-order valence-corrected chi connectivity index (χ1v) is 3.00. The van der Waals surface area contributed by atoms with Gasteiger partial charge in [0.05, 0.1) is 0 Å². The van der Waals surface area contributed by atoms with Gasteiger partial charge in [-0.05, 0) is 0 Å². The van der Waals surface area contributed by atoms with Crippen LogP contribution in [-0.4, -0.2) is 26.6 Å². The minimum atomic E-state index is -3.11. The van der Waals surface area contributed by atoms with Gasteiger partial charge in [0.25, 0.3) is 0 Å². The molecule has 0 saturated carbocycles. The molecule has 9 heteroatoms. The van der Waals surface area contributed by atoms with E-state index in [4.69, 9.17) is 26.6 Å². The van der Waals surface area contributed by atoms with Gasteiger partial charge in [0.1, 0.15) is 0 Å². The van der Waals surface area contributed by atoms with Gasteiger partial charge >= 0.3 is 0 Å². The largest absolute Gasteiger partial charge is 0.784 e. The summed E-state index contributed by atoms with van der Waals surface area (Å²) in [5, 5.41) is 0. The quantitative estimate of drug-likeness (QED) is 0.466. The molecular formula is O6ReS2-4. The van der Waals surface area contributed by atoms with Crippen molar-refractivity contribution in [2.24, 2.45) is 0 Å². The van der Waals surface area contributed by atoms with E-state index in [2.05, 4.69) is 0 Å². The average Bonchev–Trinajstić information content (AvgIpc) is 1.25. The monoisotopic (exact) mass is 347 g/mol. The summed E-state index contributed by atoms with van der Waals surface area (Å²) in [7, 11) is 0. The van der Waals surface area contributed by atoms with Crippen molar-refractivity contribution in [1.82, 2.24) is 0 Å². The van der Waals surface area contributed by atoms with Gasteiger partial charge in [-0.3, -0.25) is 8.42 Å². The predicted octanol–water partition coefficient (Wildman–Crippen LogP) is -2.01. The summed E-state index contributed by atoms with van der Waals surface area (Å²) >= 11 is -6.22. The first kappa shape index (κ1) is 16.4. The van der Waals surface area contributed by atoms with Gasteiger partial charge in [-0.25, -0.2) is 0 Å². The molecule has 9 heavy (non-hydrogen) atoms. The number of hydrogen-bond acceptors (Lipinski definition) is 6. The van der Waals surface area contributed by atoms with Crippen LogP contribution in [0.4, 0.5) is 0 Å². The first-order valence-electron chi connectivity index (χ1n) is 1.00. The molecule has 0 rings (SSSR count). The van der Waals surface area contributed by atoms with Gasteiger partial charge in [-0.1, -0.05) is 0 Å². The van der Waals surface area contributed by atoms with Gasteiger partial charge in [-0.15, -0.1) is 22.7 Å². The molecule has 0 unspecified atom stereocenters. The molecular weight excluding hydrogens is 346 g/mol. The molecule has 0 aliphatic rings. The van der Waals surface area contributed by atoms with Crippen LogP contribution in [0, 0.1) is 0 Å². The molecule has 0 aromatic carbocycles. The van der Waals surface area contributed by atoms with E-state index in [1.54, 1.807) is 0 Å². The number of hydrogen-bond donors (Lipinski definition) is 0. The Morgan fingerprint density at radius 1 is 0.778 bits per heavy atom. The molecule has 0 heterocycles. The summed E-state index contributed by atoms with van der Waals surface area (Å²) < 4.78 is 50.7. The van der Waals surface area contributed by atoms with E-state index in [0.717, 1.165) is 0 Å². The fourth-order valence-electron chi connectivity index (χ4n) is 0. The minimum Gasteiger partial charge on any atom is -0.784 e. The van der Waals surface area contributed by atoms with Crippen molar-refractivity contribution in [2.45, 2.75) is 0 Å². The third-order valence-electron chi connectivity index (χ3n) is 0. The molecule has 0 bridgehead atoms. The maximum atomic E-state index is 8.44. The summed E-state index contributed by atoms with van der Waals surface area (Å²) in [6, 6.07) is 0. The van der Waals surface area contributed by atoms with Crippen LogP contribution in [0.25, 0.3) is 0 Å². The molecule has 0 aliphatic heterocycles. The fraction of sp³-hybridized carbons (Fsp3) is 0. The van der Waals surface area contributed by atoms with Gasteiger partial charge in [0.15, 0.2) is 0 Å². The van der Waals surface area contributed by atoms with Crippen LogP contribution < -0.4 is 0 Å². The molecule has 0 aromatic rings. The molecule has 0 aromatic heterocycles. The molecule has 1 radical (unpaired) electrons. The Bertz CT molecular complexity index is 69.1. The zero-order chi connectivity index (χ0) is 7.15. The summed E-state index contributed by atoms with van der Waals surface area (Å²) in [6.07, 6.45) is 0. The van der Waals surface area contributed by atoms with Crippen LogP contribution in [-0.2, 0) is 43.1 Å². The van der Waals surface area contributed by atoms with Gasteiger partial charge in [0.2, 0.25) is 0 Å². The van der Waals surface area contributed by atoms with Crippen molar-refractivity contribution in [1.29, 1.82) is 0 Å². The van der Waals surface area contributed by atoms with E-state index in [1.807, 2.05) is 0 Å². The predicted molar refractivity (Wildman–Crippen MR) is 19.4 cm³/mol. The van der Waals surface area contributed by atoms with Crippen molar-refractivity contribution < 1.29 is 47.1 Å². The third-order valence-corrected chi connectivity index (χ3v) is 0. The minimum absolute atomic E-state index is 0. The van der Waals surface area contributed by atoms with Gasteiger partial charge in [-0.2, -0.15) is 0 Å². The number of rotatable bonds is 0. The Balaban J connectivity index is -0.0000000720. The second kappa shape index (κ2) is 11.6. The molecule has 0 fully saturated rings. The van der Waals surface area contributed by atoms with E-state index >= 15 is 0 Å².